The van der Waals surface area contributed by atoms with Crippen LogP contribution in [0.3, 0.4) is 0 Å². The van der Waals surface area contributed by atoms with Gasteiger partial charge in [-0.2, -0.15) is 0 Å². The van der Waals surface area contributed by atoms with E-state index in [1.54, 1.807) is 0 Å². The Morgan fingerprint density at radius 2 is 1.92 bits per heavy atom. The minimum atomic E-state index is -1.71. The van der Waals surface area contributed by atoms with Crippen LogP contribution in [0.5, 0.6) is 0 Å². The van der Waals surface area contributed by atoms with Gasteiger partial charge < -0.3 is 9.84 Å². The van der Waals surface area contributed by atoms with Crippen LogP contribution in [0.4, 0.5) is 4.79 Å². The minimum Gasteiger partial charge on any atom is -0.448 e. The van der Waals surface area contributed by atoms with Crippen LogP contribution in [0, 0.1) is 0 Å². The van der Waals surface area contributed by atoms with E-state index in [0.717, 1.165) is 0 Å². The molecule has 1 heterocycles. The molecule has 0 aromatic rings. The van der Waals surface area contributed by atoms with Gasteiger partial charge in [-0.3, -0.25) is 14.4 Å². The number of amides is 2. The Balaban J connectivity index is 2.63. The highest BCUT2D eigenvalue weighted by molar-refractivity contribution is 5.97. The van der Waals surface area contributed by atoms with E-state index in [-0.39, 0.29) is 18.3 Å². The first-order chi connectivity index (χ1) is 5.61. The molecule has 0 saturated carbocycles. The molecule has 0 radical (unpaired) electrons. The third kappa shape index (κ3) is 1.70. The van der Waals surface area contributed by atoms with Crippen LogP contribution in [0.15, 0.2) is 0 Å². The molecule has 1 N–H and O–H groups in total. The Kier molecular flexibility index (Phi) is 2.24. The quantitative estimate of drug-likeness (QED) is 0.513. The van der Waals surface area contributed by atoms with E-state index in [0.29, 0.717) is 0 Å². The maximum Gasteiger partial charge on any atom is 0.531 e. The Hall–Kier alpha value is -1.63. The molecule has 1 aliphatic heterocycles. The van der Waals surface area contributed by atoms with Gasteiger partial charge in [0.15, 0.2) is 0 Å². The van der Waals surface area contributed by atoms with Gasteiger partial charge in [-0.25, -0.2) is 4.79 Å². The molecule has 2 amide bonds. The number of hydrogen-bond acceptors (Lipinski definition) is 5. The largest absolute Gasteiger partial charge is 0.531 e. The third-order valence-corrected chi connectivity index (χ3v) is 1.07. The summed E-state index contributed by atoms with van der Waals surface area (Å²) in [7, 11) is 0. The highest BCUT2D eigenvalue weighted by Crippen LogP contribution is 2.01. The van der Waals surface area contributed by atoms with Gasteiger partial charge in [0.05, 0.1) is 0 Å². The number of rotatable bonds is 1. The van der Waals surface area contributed by atoms with Crippen molar-refractivity contribution in [1.82, 2.24) is 5.06 Å². The molecule has 0 spiro atoms. The minimum absolute atomic E-state index is 0.172. The summed E-state index contributed by atoms with van der Waals surface area (Å²) in [4.78, 5) is 35.3. The molecular formula is C5H5NO6. The normalized spacial score (nSPS) is 17.8. The second-order valence-electron chi connectivity index (χ2n) is 1.93. The Labute approximate surface area is 66.4 Å². The lowest BCUT2D eigenvalue weighted by molar-refractivity contribution is -0.197. The van der Waals surface area contributed by atoms with E-state index < -0.39 is 18.0 Å². The second kappa shape index (κ2) is 3.18. The zero-order chi connectivity index (χ0) is 9.14. The van der Waals surface area contributed by atoms with Crippen molar-refractivity contribution in [3.63, 3.8) is 0 Å². The lowest BCUT2D eigenvalue weighted by Crippen LogP contribution is -2.46. The van der Waals surface area contributed by atoms with Crippen LogP contribution in [0.1, 0.15) is 0 Å². The van der Waals surface area contributed by atoms with Gasteiger partial charge in [-0.1, -0.05) is 5.06 Å². The molecule has 7 nitrogen and oxygen atoms in total. The summed E-state index contributed by atoms with van der Waals surface area (Å²) in [5.74, 6) is -1.65. The van der Waals surface area contributed by atoms with Crippen LogP contribution in [0.2, 0.25) is 0 Å². The predicted molar refractivity (Wildman–Crippen MR) is 31.8 cm³/mol. The SMILES string of the molecule is O=C(O)ON1C(=O)COCC1=O. The molecular weight excluding hydrogens is 170 g/mol. The van der Waals surface area contributed by atoms with Crippen molar-refractivity contribution in [1.29, 1.82) is 0 Å². The van der Waals surface area contributed by atoms with Gasteiger partial charge in [0, 0.05) is 0 Å². The standard InChI is InChI=1S/C5H5NO6/c7-3-1-11-2-4(8)6(3)12-5(9)10/h1-2H2,(H,9,10). The number of hydrogen-bond donors (Lipinski definition) is 1. The number of morpholine rings is 1. The first-order valence-electron chi connectivity index (χ1n) is 2.95. The second-order valence-corrected chi connectivity index (χ2v) is 1.93. The zero-order valence-electron chi connectivity index (χ0n) is 5.85. The van der Waals surface area contributed by atoms with E-state index in [1.165, 1.54) is 0 Å². The fraction of sp³-hybridized carbons (Fsp3) is 0.400. The maximum absolute atomic E-state index is 10.7. The van der Waals surface area contributed by atoms with E-state index >= 15 is 0 Å². The number of ether oxygens (including phenoxy) is 1. The van der Waals surface area contributed by atoms with Crippen LogP contribution in [-0.4, -0.2) is 41.4 Å². The number of carboxylic acid groups (broad SMARTS) is 1. The van der Waals surface area contributed by atoms with Crippen LogP contribution < -0.4 is 0 Å². The monoisotopic (exact) mass is 175 g/mol. The number of carbonyl (C=O) groups is 3. The lowest BCUT2D eigenvalue weighted by Gasteiger charge is -2.20. The van der Waals surface area contributed by atoms with Crippen molar-refractivity contribution in [2.45, 2.75) is 0 Å². The molecule has 1 saturated heterocycles. The van der Waals surface area contributed by atoms with Crippen LogP contribution >= 0.6 is 0 Å². The predicted octanol–water partition coefficient (Wildman–Crippen LogP) is -1.02. The van der Waals surface area contributed by atoms with E-state index in [4.69, 9.17) is 5.11 Å². The van der Waals surface area contributed by atoms with Crippen molar-refractivity contribution in [3.05, 3.63) is 0 Å². The average Bonchev–Trinajstić information content (AvgIpc) is 1.97. The van der Waals surface area contributed by atoms with Crippen LogP contribution in [0.25, 0.3) is 0 Å². The molecule has 0 unspecified atom stereocenters. The van der Waals surface area contributed by atoms with E-state index in [2.05, 4.69) is 9.57 Å². The van der Waals surface area contributed by atoms with Gasteiger partial charge in [0.2, 0.25) is 0 Å². The summed E-state index contributed by atoms with van der Waals surface area (Å²) in [5.41, 5.74) is 0. The maximum atomic E-state index is 10.7. The van der Waals surface area contributed by atoms with E-state index in [9.17, 15) is 14.4 Å². The van der Waals surface area contributed by atoms with Crippen molar-refractivity contribution >= 4 is 18.0 Å². The molecule has 0 bridgehead atoms. The summed E-state index contributed by atoms with van der Waals surface area (Å²) in [6.07, 6.45) is -1.71. The summed E-state index contributed by atoms with van der Waals surface area (Å²) in [5, 5.41) is 8.26. The molecule has 0 aromatic carbocycles. The number of imide groups is 1. The fourth-order valence-corrected chi connectivity index (χ4v) is 0.662. The molecule has 12 heavy (non-hydrogen) atoms. The lowest BCUT2D eigenvalue weighted by atomic mass is 10.5. The summed E-state index contributed by atoms with van der Waals surface area (Å²) in [6, 6.07) is 0. The summed E-state index contributed by atoms with van der Waals surface area (Å²) in [6.45, 7) is -0.696. The smallest absolute Gasteiger partial charge is 0.448 e. The van der Waals surface area contributed by atoms with Crippen molar-refractivity contribution < 1.29 is 29.1 Å². The first-order valence-corrected chi connectivity index (χ1v) is 2.95. The third-order valence-electron chi connectivity index (χ3n) is 1.07. The van der Waals surface area contributed by atoms with Gasteiger partial charge in [-0.05, 0) is 0 Å². The summed E-state index contributed by atoms with van der Waals surface area (Å²) < 4.78 is 4.49. The molecule has 1 fully saturated rings. The highest BCUT2D eigenvalue weighted by Gasteiger charge is 2.30. The average molecular weight is 175 g/mol. The highest BCUT2D eigenvalue weighted by atomic mass is 16.8. The van der Waals surface area contributed by atoms with Gasteiger partial charge in [0.25, 0.3) is 11.8 Å². The Bertz CT molecular complexity index is 220. The molecule has 0 atom stereocenters. The van der Waals surface area contributed by atoms with Gasteiger partial charge in [0.1, 0.15) is 13.2 Å². The molecule has 7 heteroatoms. The number of nitrogens with zero attached hydrogens (tertiary/aromatic N) is 1. The first kappa shape index (κ1) is 8.47. The zero-order valence-corrected chi connectivity index (χ0v) is 5.85. The molecule has 0 aromatic heterocycles. The van der Waals surface area contributed by atoms with Crippen LogP contribution in [-0.2, 0) is 19.2 Å². The van der Waals surface area contributed by atoms with Gasteiger partial charge >= 0.3 is 6.16 Å². The number of hydroxylamine groups is 2. The topological polar surface area (TPSA) is 93.1 Å². The molecule has 66 valence electrons. The Morgan fingerprint density at radius 3 is 2.33 bits per heavy atom. The van der Waals surface area contributed by atoms with Gasteiger partial charge in [-0.15, -0.1) is 0 Å². The fourth-order valence-electron chi connectivity index (χ4n) is 0.662. The molecule has 0 aliphatic carbocycles. The summed E-state index contributed by atoms with van der Waals surface area (Å²) >= 11 is 0. The molecule has 1 rings (SSSR count). The Morgan fingerprint density at radius 1 is 1.42 bits per heavy atom. The van der Waals surface area contributed by atoms with E-state index in [1.807, 2.05) is 0 Å². The van der Waals surface area contributed by atoms with Crippen molar-refractivity contribution in [2.24, 2.45) is 0 Å². The number of carbonyl (C=O) groups excluding carboxylic acids is 2. The molecule has 1 aliphatic rings. The van der Waals surface area contributed by atoms with Crippen molar-refractivity contribution in [2.75, 3.05) is 13.2 Å². The van der Waals surface area contributed by atoms with Crippen molar-refractivity contribution in [3.8, 4) is 0 Å².